The van der Waals surface area contributed by atoms with E-state index in [1.807, 2.05) is 12.1 Å². The molecule has 6 heteroatoms. The monoisotopic (exact) mass is 443 g/mol. The predicted molar refractivity (Wildman–Crippen MR) is 121 cm³/mol. The molecule has 0 amide bonds. The molecule has 174 valence electrons. The molecular weight excluding hydrogens is 409 g/mol. The fourth-order valence-electron chi connectivity index (χ4n) is 4.54. The number of hydrogen-bond donors (Lipinski definition) is 2. The van der Waals surface area contributed by atoms with E-state index in [1.165, 1.54) is 24.1 Å². The number of nitrogens with zero attached hydrogens (tertiary/aromatic N) is 1. The van der Waals surface area contributed by atoms with Crippen LogP contribution in [0.3, 0.4) is 0 Å². The van der Waals surface area contributed by atoms with Crippen molar-refractivity contribution in [3.8, 4) is 11.5 Å². The SMILES string of the molecule is OC1(COc2ccc(CN3CCC(O)(COc4ccc(F)cc4)CC3)cc2)CCCCC1. The van der Waals surface area contributed by atoms with Crippen LogP contribution in [0.1, 0.15) is 50.5 Å². The number of rotatable bonds is 8. The summed E-state index contributed by atoms with van der Waals surface area (Å²) in [6.45, 7) is 2.96. The molecule has 2 N–H and O–H groups in total. The van der Waals surface area contributed by atoms with Crippen molar-refractivity contribution in [2.24, 2.45) is 0 Å². The Morgan fingerprint density at radius 3 is 1.78 bits per heavy atom. The van der Waals surface area contributed by atoms with Gasteiger partial charge in [0.2, 0.25) is 0 Å². The summed E-state index contributed by atoms with van der Waals surface area (Å²) in [5.41, 5.74) is -0.342. The molecule has 1 heterocycles. The molecule has 1 aliphatic heterocycles. The lowest BCUT2D eigenvalue weighted by atomic mass is 9.85. The molecule has 2 aliphatic rings. The largest absolute Gasteiger partial charge is 0.491 e. The van der Waals surface area contributed by atoms with Gasteiger partial charge in [0.25, 0.3) is 0 Å². The van der Waals surface area contributed by atoms with Crippen molar-refractivity contribution in [3.05, 3.63) is 59.9 Å². The second-order valence-electron chi connectivity index (χ2n) is 9.46. The van der Waals surface area contributed by atoms with Gasteiger partial charge in [0, 0.05) is 19.6 Å². The zero-order chi connectivity index (χ0) is 22.4. The van der Waals surface area contributed by atoms with Gasteiger partial charge in [0.1, 0.15) is 36.1 Å². The van der Waals surface area contributed by atoms with Gasteiger partial charge >= 0.3 is 0 Å². The molecule has 2 aromatic rings. The Kier molecular flexibility index (Phi) is 7.33. The Balaban J connectivity index is 1.20. The van der Waals surface area contributed by atoms with E-state index in [9.17, 15) is 14.6 Å². The summed E-state index contributed by atoms with van der Waals surface area (Å²) < 4.78 is 24.5. The third kappa shape index (κ3) is 6.44. The Labute approximate surface area is 189 Å². The molecule has 2 fully saturated rings. The number of aliphatic hydroxyl groups is 2. The maximum absolute atomic E-state index is 13.0. The highest BCUT2D eigenvalue weighted by Gasteiger charge is 2.33. The lowest BCUT2D eigenvalue weighted by molar-refractivity contribution is -0.0537. The summed E-state index contributed by atoms with van der Waals surface area (Å²) in [6.07, 6.45) is 6.25. The van der Waals surface area contributed by atoms with Crippen molar-refractivity contribution in [2.45, 2.75) is 62.7 Å². The van der Waals surface area contributed by atoms with Crippen LogP contribution in [0.2, 0.25) is 0 Å². The average Bonchev–Trinajstić information content (AvgIpc) is 2.81. The minimum absolute atomic E-state index is 0.213. The molecule has 2 aromatic carbocycles. The molecule has 1 saturated carbocycles. The summed E-state index contributed by atoms with van der Waals surface area (Å²) >= 11 is 0. The second kappa shape index (κ2) is 10.2. The molecule has 5 nitrogen and oxygen atoms in total. The number of halogens is 1. The average molecular weight is 444 g/mol. The van der Waals surface area contributed by atoms with Gasteiger partial charge in [0.15, 0.2) is 0 Å². The summed E-state index contributed by atoms with van der Waals surface area (Å²) in [5, 5.41) is 21.4. The van der Waals surface area contributed by atoms with Crippen molar-refractivity contribution >= 4 is 0 Å². The molecule has 0 spiro atoms. The minimum Gasteiger partial charge on any atom is -0.491 e. The van der Waals surface area contributed by atoms with E-state index in [1.54, 1.807) is 12.1 Å². The van der Waals surface area contributed by atoms with Crippen LogP contribution < -0.4 is 9.47 Å². The van der Waals surface area contributed by atoms with Gasteiger partial charge in [-0.1, -0.05) is 31.4 Å². The van der Waals surface area contributed by atoms with Crippen LogP contribution in [0.5, 0.6) is 11.5 Å². The first-order chi connectivity index (χ1) is 15.4. The lowest BCUT2D eigenvalue weighted by Crippen LogP contribution is -2.47. The highest BCUT2D eigenvalue weighted by Crippen LogP contribution is 2.29. The third-order valence-electron chi connectivity index (χ3n) is 6.73. The minimum atomic E-state index is -0.859. The summed E-state index contributed by atoms with van der Waals surface area (Å²) in [7, 11) is 0. The number of likely N-dealkylation sites (tertiary alicyclic amines) is 1. The van der Waals surface area contributed by atoms with E-state index >= 15 is 0 Å². The highest BCUT2D eigenvalue weighted by molar-refractivity contribution is 5.27. The quantitative estimate of drug-likeness (QED) is 0.637. The molecule has 0 atom stereocenters. The van der Waals surface area contributed by atoms with E-state index in [-0.39, 0.29) is 12.4 Å². The van der Waals surface area contributed by atoms with Crippen LogP contribution in [0.25, 0.3) is 0 Å². The fourth-order valence-corrected chi connectivity index (χ4v) is 4.54. The van der Waals surface area contributed by atoms with Crippen molar-refractivity contribution in [1.82, 2.24) is 4.90 Å². The van der Waals surface area contributed by atoms with Crippen molar-refractivity contribution in [2.75, 3.05) is 26.3 Å². The van der Waals surface area contributed by atoms with E-state index in [0.29, 0.717) is 25.2 Å². The van der Waals surface area contributed by atoms with E-state index in [4.69, 9.17) is 9.47 Å². The highest BCUT2D eigenvalue weighted by atomic mass is 19.1. The molecular formula is C26H34FNO4. The molecule has 0 radical (unpaired) electrons. The van der Waals surface area contributed by atoms with Gasteiger partial charge in [-0.25, -0.2) is 4.39 Å². The predicted octanol–water partition coefficient (Wildman–Crippen LogP) is 4.31. The van der Waals surface area contributed by atoms with Gasteiger partial charge in [-0.3, -0.25) is 4.90 Å². The Bertz CT molecular complexity index is 841. The van der Waals surface area contributed by atoms with Gasteiger partial charge in [0.05, 0.1) is 5.60 Å². The Morgan fingerprint density at radius 1 is 0.719 bits per heavy atom. The third-order valence-corrected chi connectivity index (χ3v) is 6.73. The second-order valence-corrected chi connectivity index (χ2v) is 9.46. The summed E-state index contributed by atoms with van der Waals surface area (Å²) in [6, 6.07) is 14.0. The molecule has 32 heavy (non-hydrogen) atoms. The van der Waals surface area contributed by atoms with Crippen LogP contribution in [-0.2, 0) is 6.54 Å². The van der Waals surface area contributed by atoms with Crippen LogP contribution in [0.15, 0.2) is 48.5 Å². The zero-order valence-corrected chi connectivity index (χ0v) is 18.6. The van der Waals surface area contributed by atoms with Crippen molar-refractivity contribution in [3.63, 3.8) is 0 Å². The number of hydrogen-bond acceptors (Lipinski definition) is 5. The lowest BCUT2D eigenvalue weighted by Gasteiger charge is -2.38. The normalized spacial score (nSPS) is 20.6. The standard InChI is InChI=1S/C26H34FNO4/c27-22-6-10-24(11-7-22)32-20-26(30)14-16-28(17-15-26)18-21-4-8-23(9-5-21)31-19-25(29)12-2-1-3-13-25/h4-11,29-30H,1-3,12-20H2. The first-order valence-corrected chi connectivity index (χ1v) is 11.7. The molecule has 4 rings (SSSR count). The number of ether oxygens (including phenoxy) is 2. The van der Waals surface area contributed by atoms with E-state index in [2.05, 4.69) is 17.0 Å². The van der Waals surface area contributed by atoms with Gasteiger partial charge in [-0.05, 0) is 67.6 Å². The van der Waals surface area contributed by atoms with Crippen LogP contribution in [-0.4, -0.2) is 52.6 Å². The van der Waals surface area contributed by atoms with E-state index < -0.39 is 11.2 Å². The van der Waals surface area contributed by atoms with Crippen LogP contribution in [0.4, 0.5) is 4.39 Å². The summed E-state index contributed by atoms with van der Waals surface area (Å²) in [5.74, 6) is 1.06. The van der Waals surface area contributed by atoms with Gasteiger partial charge in [-0.2, -0.15) is 0 Å². The topological polar surface area (TPSA) is 62.2 Å². The van der Waals surface area contributed by atoms with Crippen molar-refractivity contribution < 1.29 is 24.1 Å². The first kappa shape index (κ1) is 23.0. The number of piperidine rings is 1. The summed E-state index contributed by atoms with van der Waals surface area (Å²) in [4.78, 5) is 2.33. The molecule has 0 aromatic heterocycles. The van der Waals surface area contributed by atoms with Crippen molar-refractivity contribution in [1.29, 1.82) is 0 Å². The van der Waals surface area contributed by atoms with Gasteiger partial charge in [-0.15, -0.1) is 0 Å². The number of benzene rings is 2. The van der Waals surface area contributed by atoms with Crippen LogP contribution >= 0.6 is 0 Å². The smallest absolute Gasteiger partial charge is 0.123 e. The first-order valence-electron chi connectivity index (χ1n) is 11.7. The Morgan fingerprint density at radius 2 is 1.22 bits per heavy atom. The van der Waals surface area contributed by atoms with Gasteiger partial charge < -0.3 is 19.7 Å². The van der Waals surface area contributed by atoms with Crippen LogP contribution in [0, 0.1) is 5.82 Å². The zero-order valence-electron chi connectivity index (χ0n) is 18.6. The molecule has 1 aliphatic carbocycles. The Hall–Kier alpha value is -2.15. The maximum Gasteiger partial charge on any atom is 0.123 e. The molecule has 1 saturated heterocycles. The molecule has 0 bridgehead atoms. The molecule has 0 unspecified atom stereocenters. The van der Waals surface area contributed by atoms with E-state index in [0.717, 1.165) is 51.1 Å². The fraction of sp³-hybridized carbons (Fsp3) is 0.538. The maximum atomic E-state index is 13.0.